The van der Waals surface area contributed by atoms with Gasteiger partial charge < -0.3 is 0 Å². The topological polar surface area (TPSA) is 0 Å². The van der Waals surface area contributed by atoms with Gasteiger partial charge in [-0.05, 0) is 55.2 Å². The van der Waals surface area contributed by atoms with E-state index in [0.29, 0.717) is 0 Å². The van der Waals surface area contributed by atoms with Crippen LogP contribution >= 0.6 is 47.3 Å². The smallest absolute Gasteiger partial charge is 0.0561 e. The van der Waals surface area contributed by atoms with Crippen molar-refractivity contribution in [2.45, 2.75) is 0 Å². The molecule has 2 aromatic rings. The molecule has 0 radical (unpaired) electrons. The van der Waals surface area contributed by atoms with E-state index >= 15 is 0 Å². The van der Waals surface area contributed by atoms with Crippen molar-refractivity contribution in [2.75, 3.05) is 0 Å². The summed E-state index contributed by atoms with van der Waals surface area (Å²) in [4.78, 5) is 0. The van der Waals surface area contributed by atoms with Crippen molar-refractivity contribution in [2.24, 2.45) is 0 Å². The molecular formula is C12H9I2P. The summed E-state index contributed by atoms with van der Waals surface area (Å²) in [6.45, 7) is 0. The molecule has 0 nitrogen and oxygen atoms in total. The van der Waals surface area contributed by atoms with E-state index in [-0.39, 0.29) is 3.21 Å². The van der Waals surface area contributed by atoms with Crippen molar-refractivity contribution < 1.29 is 0 Å². The van der Waals surface area contributed by atoms with Crippen LogP contribution in [-0.2, 0) is 0 Å². The fraction of sp³-hybridized carbons (Fsp3) is 0. The van der Waals surface area contributed by atoms with Crippen LogP contribution in [0.4, 0.5) is 0 Å². The van der Waals surface area contributed by atoms with Crippen LogP contribution in [0.1, 0.15) is 0 Å². The molecule has 0 spiro atoms. The zero-order valence-corrected chi connectivity index (χ0v) is 13.1. The predicted molar refractivity (Wildman–Crippen MR) is 86.5 cm³/mol. The average molecular weight is 438 g/mol. The molecule has 0 fully saturated rings. The van der Waals surface area contributed by atoms with Gasteiger partial charge in [0.25, 0.3) is 0 Å². The van der Waals surface area contributed by atoms with Crippen molar-refractivity contribution in [1.29, 1.82) is 0 Å². The Morgan fingerprint density at radius 3 is 2.00 bits per heavy atom. The Morgan fingerprint density at radius 2 is 1.33 bits per heavy atom. The molecule has 76 valence electrons. The van der Waals surface area contributed by atoms with E-state index in [2.05, 4.69) is 98.7 Å². The minimum Gasteiger partial charge on any atom is -0.0622 e. The Hall–Kier alpha value is 0.330. The van der Waals surface area contributed by atoms with Gasteiger partial charge in [-0.3, -0.25) is 0 Å². The average Bonchev–Trinajstić information content (AvgIpc) is 2.30. The summed E-state index contributed by atoms with van der Waals surface area (Å²) in [5, 5.41) is 1.46. The van der Waals surface area contributed by atoms with Crippen LogP contribution in [0.25, 0.3) is 11.1 Å². The highest BCUT2D eigenvalue weighted by Gasteiger charge is 2.08. The van der Waals surface area contributed by atoms with Gasteiger partial charge in [0.1, 0.15) is 0 Å². The molecule has 0 saturated carbocycles. The van der Waals surface area contributed by atoms with Crippen LogP contribution in [-0.4, -0.2) is 0 Å². The normalized spacial score (nSPS) is 10.6. The minimum atomic E-state index is -0.1000. The Labute approximate surface area is 117 Å². The maximum absolute atomic E-state index is 2.51. The molecule has 3 heteroatoms. The monoisotopic (exact) mass is 438 g/mol. The zero-order chi connectivity index (χ0) is 10.7. The summed E-state index contributed by atoms with van der Waals surface area (Å²) in [5.41, 5.74) is 2.68. The largest absolute Gasteiger partial charge is 0.0622 e. The number of hydrogen-bond acceptors (Lipinski definition) is 0. The lowest BCUT2D eigenvalue weighted by Crippen LogP contribution is -1.98. The molecular weight excluding hydrogens is 429 g/mol. The minimum absolute atomic E-state index is 0.1000. The molecule has 0 atom stereocenters. The number of halogens is 2. The summed E-state index contributed by atoms with van der Waals surface area (Å²) >= 11 is 5.02. The fourth-order valence-electron chi connectivity index (χ4n) is 1.48. The molecule has 0 unspecified atom stereocenters. The van der Waals surface area contributed by atoms with E-state index in [1.54, 1.807) is 0 Å². The van der Waals surface area contributed by atoms with E-state index in [4.69, 9.17) is 0 Å². The second-order valence-electron chi connectivity index (χ2n) is 3.12. The summed E-state index contributed by atoms with van der Waals surface area (Å²) < 4.78 is -0.1000. The zero-order valence-electron chi connectivity index (χ0n) is 7.90. The van der Waals surface area contributed by atoms with Crippen molar-refractivity contribution in [1.82, 2.24) is 0 Å². The molecule has 2 rings (SSSR count). The Balaban J connectivity index is 2.53. The third-order valence-electron chi connectivity index (χ3n) is 2.17. The fourth-order valence-corrected chi connectivity index (χ4v) is 4.59. The lowest BCUT2D eigenvalue weighted by atomic mass is 10.1. The van der Waals surface area contributed by atoms with Crippen LogP contribution in [0.15, 0.2) is 54.6 Å². The van der Waals surface area contributed by atoms with Gasteiger partial charge in [0.2, 0.25) is 0 Å². The standard InChI is InChI=1S/C12H9I2P/c13-15(14)12-9-5-4-8-11(12)10-6-2-1-3-7-10/h1-9H. The summed E-state index contributed by atoms with van der Waals surface area (Å²) in [6.07, 6.45) is 0. The highest BCUT2D eigenvalue weighted by molar-refractivity contribution is 14.3. The molecule has 0 N–H and O–H groups in total. The molecule has 15 heavy (non-hydrogen) atoms. The van der Waals surface area contributed by atoms with Crippen LogP contribution in [0.2, 0.25) is 0 Å². The van der Waals surface area contributed by atoms with Gasteiger partial charge in [0, 0.05) is 5.30 Å². The number of rotatable bonds is 2. The Morgan fingerprint density at radius 1 is 0.733 bits per heavy atom. The van der Waals surface area contributed by atoms with E-state index < -0.39 is 0 Å². The molecule has 0 aliphatic rings. The van der Waals surface area contributed by atoms with Gasteiger partial charge in [-0.15, -0.1) is 0 Å². The quantitative estimate of drug-likeness (QED) is 0.449. The van der Waals surface area contributed by atoms with E-state index in [1.165, 1.54) is 16.4 Å². The summed E-state index contributed by atoms with van der Waals surface area (Å²) in [7, 11) is 0. The van der Waals surface area contributed by atoms with Crippen LogP contribution in [0.5, 0.6) is 0 Å². The molecule has 0 saturated heterocycles. The molecule has 2 aromatic carbocycles. The first-order valence-corrected chi connectivity index (χ1v) is 11.5. The van der Waals surface area contributed by atoms with Crippen molar-refractivity contribution in [3.8, 4) is 11.1 Å². The van der Waals surface area contributed by atoms with Gasteiger partial charge in [-0.2, -0.15) is 0 Å². The molecule has 0 aliphatic heterocycles. The lowest BCUT2D eigenvalue weighted by molar-refractivity contribution is 1.65. The third-order valence-corrected chi connectivity index (χ3v) is 6.04. The molecule has 0 amide bonds. The molecule has 0 aromatic heterocycles. The third kappa shape index (κ3) is 2.92. The van der Waals surface area contributed by atoms with Crippen molar-refractivity contribution in [3.63, 3.8) is 0 Å². The van der Waals surface area contributed by atoms with E-state index in [0.717, 1.165) is 0 Å². The van der Waals surface area contributed by atoms with Crippen LogP contribution < -0.4 is 5.30 Å². The van der Waals surface area contributed by atoms with Gasteiger partial charge in [0.05, 0.1) is 3.21 Å². The second kappa shape index (κ2) is 5.60. The maximum atomic E-state index is 2.51. The Kier molecular flexibility index (Phi) is 4.40. The van der Waals surface area contributed by atoms with Gasteiger partial charge >= 0.3 is 0 Å². The van der Waals surface area contributed by atoms with Crippen LogP contribution in [0.3, 0.4) is 0 Å². The second-order valence-corrected chi connectivity index (χ2v) is 15.4. The first-order valence-electron chi connectivity index (χ1n) is 4.55. The first-order chi connectivity index (χ1) is 7.29. The predicted octanol–water partition coefficient (Wildman–Crippen LogP) is 5.16. The Bertz CT molecular complexity index is 440. The maximum Gasteiger partial charge on any atom is 0.0561 e. The first kappa shape index (κ1) is 11.8. The highest BCUT2D eigenvalue weighted by atomic mass is 127. The van der Waals surface area contributed by atoms with E-state index in [1.807, 2.05) is 0 Å². The van der Waals surface area contributed by atoms with Crippen LogP contribution in [0, 0.1) is 0 Å². The molecule has 0 aliphatic carbocycles. The van der Waals surface area contributed by atoms with Crippen molar-refractivity contribution >= 4 is 52.6 Å². The van der Waals surface area contributed by atoms with Gasteiger partial charge in [0.15, 0.2) is 0 Å². The summed E-state index contributed by atoms with van der Waals surface area (Å²) in [5.74, 6) is 0. The van der Waals surface area contributed by atoms with E-state index in [9.17, 15) is 0 Å². The van der Waals surface area contributed by atoms with Gasteiger partial charge in [-0.1, -0.05) is 54.6 Å². The SMILES string of the molecule is IP(I)c1ccccc1-c1ccccc1. The summed E-state index contributed by atoms with van der Waals surface area (Å²) in [6, 6.07) is 19.2. The van der Waals surface area contributed by atoms with Crippen molar-refractivity contribution in [3.05, 3.63) is 54.6 Å². The number of hydrogen-bond donors (Lipinski definition) is 0. The highest BCUT2D eigenvalue weighted by Crippen LogP contribution is 2.53. The molecule has 0 bridgehead atoms. The van der Waals surface area contributed by atoms with Gasteiger partial charge in [-0.25, -0.2) is 0 Å². The lowest BCUT2D eigenvalue weighted by Gasteiger charge is -2.10. The number of benzene rings is 2. The molecule has 0 heterocycles.